The van der Waals surface area contributed by atoms with Crippen LogP contribution >= 0.6 is 11.6 Å². The van der Waals surface area contributed by atoms with E-state index in [0.29, 0.717) is 16.5 Å². The number of nitrogens with zero attached hydrogens (tertiary/aromatic N) is 3. The van der Waals surface area contributed by atoms with Crippen molar-refractivity contribution in [3.63, 3.8) is 0 Å². The maximum atomic E-state index is 10.9. The second-order valence-corrected chi connectivity index (χ2v) is 3.88. The van der Waals surface area contributed by atoms with Crippen molar-refractivity contribution in [2.75, 3.05) is 12.4 Å². The van der Waals surface area contributed by atoms with Crippen molar-refractivity contribution in [3.05, 3.63) is 45.6 Å². The normalized spacial score (nSPS) is 10.1. The van der Waals surface area contributed by atoms with Crippen molar-refractivity contribution in [1.82, 2.24) is 9.97 Å². The van der Waals surface area contributed by atoms with Crippen LogP contribution in [0.5, 0.6) is 0 Å². The van der Waals surface area contributed by atoms with Gasteiger partial charge in [0, 0.05) is 17.6 Å². The Morgan fingerprint density at radius 3 is 2.56 bits per heavy atom. The van der Waals surface area contributed by atoms with Gasteiger partial charge in [0.05, 0.1) is 4.92 Å². The van der Waals surface area contributed by atoms with Gasteiger partial charge < -0.3 is 5.32 Å². The van der Waals surface area contributed by atoms with Crippen LogP contribution in [0.25, 0.3) is 11.3 Å². The van der Waals surface area contributed by atoms with Crippen molar-refractivity contribution >= 4 is 23.2 Å². The van der Waals surface area contributed by atoms with E-state index >= 15 is 0 Å². The number of nitro groups is 1. The van der Waals surface area contributed by atoms with Gasteiger partial charge in [-0.25, -0.2) is 9.97 Å². The first-order valence-electron chi connectivity index (χ1n) is 5.07. The van der Waals surface area contributed by atoms with E-state index in [1.165, 1.54) is 6.20 Å². The Morgan fingerprint density at radius 1 is 1.33 bits per heavy atom. The monoisotopic (exact) mass is 264 g/mol. The number of hydrogen-bond donors (Lipinski definition) is 1. The van der Waals surface area contributed by atoms with E-state index in [2.05, 4.69) is 15.3 Å². The van der Waals surface area contributed by atoms with Crippen LogP contribution in [0.15, 0.2) is 30.5 Å². The Bertz CT molecular complexity index is 586. The summed E-state index contributed by atoms with van der Waals surface area (Å²) in [6, 6.07) is 6.66. The average Bonchev–Trinajstić information content (AvgIpc) is 2.38. The number of benzene rings is 1. The van der Waals surface area contributed by atoms with Crippen LogP contribution in [-0.4, -0.2) is 21.9 Å². The zero-order valence-electron chi connectivity index (χ0n) is 9.42. The van der Waals surface area contributed by atoms with Crippen molar-refractivity contribution in [2.24, 2.45) is 0 Å². The summed E-state index contributed by atoms with van der Waals surface area (Å²) in [7, 11) is 1.65. The summed E-state index contributed by atoms with van der Waals surface area (Å²) in [5.41, 5.74) is 0.734. The summed E-state index contributed by atoms with van der Waals surface area (Å²) in [6.45, 7) is 0. The quantitative estimate of drug-likeness (QED) is 0.681. The lowest BCUT2D eigenvalue weighted by atomic mass is 10.1. The Morgan fingerprint density at radius 2 is 2.00 bits per heavy atom. The first kappa shape index (κ1) is 12.3. The average molecular weight is 265 g/mol. The molecular formula is C11H9ClN4O2. The topological polar surface area (TPSA) is 81.0 Å². The van der Waals surface area contributed by atoms with Crippen molar-refractivity contribution in [3.8, 4) is 11.3 Å². The molecule has 0 fully saturated rings. The molecule has 0 aliphatic carbocycles. The van der Waals surface area contributed by atoms with E-state index in [-0.39, 0.29) is 11.4 Å². The molecule has 2 rings (SSSR count). The van der Waals surface area contributed by atoms with E-state index in [1.54, 1.807) is 31.3 Å². The van der Waals surface area contributed by atoms with Gasteiger partial charge in [0.15, 0.2) is 5.69 Å². The van der Waals surface area contributed by atoms with Crippen LogP contribution in [0.1, 0.15) is 0 Å². The molecule has 0 saturated heterocycles. The van der Waals surface area contributed by atoms with Gasteiger partial charge in [-0.15, -0.1) is 0 Å². The summed E-state index contributed by atoms with van der Waals surface area (Å²) < 4.78 is 0. The lowest BCUT2D eigenvalue weighted by Gasteiger charge is -2.04. The minimum atomic E-state index is -0.511. The van der Waals surface area contributed by atoms with Crippen molar-refractivity contribution < 1.29 is 4.92 Å². The molecule has 2 aromatic rings. The number of hydrogen-bond acceptors (Lipinski definition) is 5. The van der Waals surface area contributed by atoms with Gasteiger partial charge in [0.25, 0.3) is 0 Å². The van der Waals surface area contributed by atoms with Gasteiger partial charge in [0.2, 0.25) is 5.95 Å². The Labute approximate surface area is 108 Å². The Kier molecular flexibility index (Phi) is 3.38. The molecule has 0 amide bonds. The molecule has 7 heteroatoms. The van der Waals surface area contributed by atoms with E-state index in [1.807, 2.05) is 0 Å². The Balaban J connectivity index is 2.59. The highest BCUT2D eigenvalue weighted by Gasteiger charge is 2.18. The van der Waals surface area contributed by atoms with Crippen molar-refractivity contribution in [2.45, 2.75) is 0 Å². The fourth-order valence-electron chi connectivity index (χ4n) is 1.45. The third-order valence-electron chi connectivity index (χ3n) is 2.31. The van der Waals surface area contributed by atoms with Crippen molar-refractivity contribution in [1.29, 1.82) is 0 Å². The fraction of sp³-hybridized carbons (Fsp3) is 0.0909. The molecule has 0 aliphatic rings. The molecule has 0 atom stereocenters. The SMILES string of the molecule is CNc1ncc([N+](=O)[O-])c(-c2ccc(Cl)cc2)n1. The second kappa shape index (κ2) is 4.97. The number of halogens is 1. The molecule has 0 spiro atoms. The first-order valence-corrected chi connectivity index (χ1v) is 5.44. The number of aromatic nitrogens is 2. The summed E-state index contributed by atoms with van der Waals surface area (Å²) in [5, 5.41) is 14.2. The molecule has 6 nitrogen and oxygen atoms in total. The minimum absolute atomic E-state index is 0.142. The summed E-state index contributed by atoms with van der Waals surface area (Å²) >= 11 is 5.78. The molecule has 1 aromatic carbocycles. The van der Waals surface area contributed by atoms with Crippen LogP contribution in [0.3, 0.4) is 0 Å². The van der Waals surface area contributed by atoms with Gasteiger partial charge in [0.1, 0.15) is 6.20 Å². The summed E-state index contributed by atoms with van der Waals surface area (Å²) in [6.07, 6.45) is 1.18. The van der Waals surface area contributed by atoms with Gasteiger partial charge in [-0.05, 0) is 12.1 Å². The van der Waals surface area contributed by atoms with E-state index in [4.69, 9.17) is 11.6 Å². The molecule has 0 aliphatic heterocycles. The van der Waals surface area contributed by atoms with Crippen LogP contribution in [0.4, 0.5) is 11.6 Å². The molecule has 0 saturated carbocycles. The lowest BCUT2D eigenvalue weighted by Crippen LogP contribution is -2.01. The highest BCUT2D eigenvalue weighted by Crippen LogP contribution is 2.28. The molecular weight excluding hydrogens is 256 g/mol. The molecule has 92 valence electrons. The third-order valence-corrected chi connectivity index (χ3v) is 2.56. The molecule has 0 bridgehead atoms. The van der Waals surface area contributed by atoms with Crippen LogP contribution in [0.2, 0.25) is 5.02 Å². The van der Waals surface area contributed by atoms with Gasteiger partial charge in [-0.2, -0.15) is 0 Å². The summed E-state index contributed by atoms with van der Waals surface area (Å²) in [4.78, 5) is 18.4. The maximum absolute atomic E-state index is 10.9. The van der Waals surface area contributed by atoms with Gasteiger partial charge in [-0.1, -0.05) is 23.7 Å². The van der Waals surface area contributed by atoms with Crippen LogP contribution in [-0.2, 0) is 0 Å². The predicted octanol–water partition coefficient (Wildman–Crippen LogP) is 2.75. The molecule has 1 aromatic heterocycles. The molecule has 0 unspecified atom stereocenters. The van der Waals surface area contributed by atoms with E-state index < -0.39 is 4.92 Å². The number of rotatable bonds is 3. The zero-order valence-corrected chi connectivity index (χ0v) is 10.2. The predicted molar refractivity (Wildman–Crippen MR) is 68.7 cm³/mol. The smallest absolute Gasteiger partial charge is 0.313 e. The largest absolute Gasteiger partial charge is 0.357 e. The maximum Gasteiger partial charge on any atom is 0.313 e. The van der Waals surface area contributed by atoms with Crippen LogP contribution in [0, 0.1) is 10.1 Å². The lowest BCUT2D eigenvalue weighted by molar-refractivity contribution is -0.384. The first-order chi connectivity index (χ1) is 8.61. The van der Waals surface area contributed by atoms with E-state index in [9.17, 15) is 10.1 Å². The third kappa shape index (κ3) is 2.38. The minimum Gasteiger partial charge on any atom is -0.357 e. The standard InChI is InChI=1S/C11H9ClN4O2/c1-13-11-14-6-9(16(17)18)10(15-11)7-2-4-8(12)5-3-7/h2-6H,1H3,(H,13,14,15). The molecule has 18 heavy (non-hydrogen) atoms. The molecule has 1 heterocycles. The fourth-order valence-corrected chi connectivity index (χ4v) is 1.58. The Hall–Kier alpha value is -2.21. The second-order valence-electron chi connectivity index (χ2n) is 3.44. The van der Waals surface area contributed by atoms with Gasteiger partial charge in [-0.3, -0.25) is 10.1 Å². The number of nitrogens with one attached hydrogen (secondary N) is 1. The number of anilines is 1. The zero-order chi connectivity index (χ0) is 13.1. The highest BCUT2D eigenvalue weighted by molar-refractivity contribution is 6.30. The van der Waals surface area contributed by atoms with Crippen LogP contribution < -0.4 is 5.32 Å². The molecule has 1 N–H and O–H groups in total. The van der Waals surface area contributed by atoms with Gasteiger partial charge >= 0.3 is 5.69 Å². The summed E-state index contributed by atoms with van der Waals surface area (Å²) in [5.74, 6) is 0.325. The van der Waals surface area contributed by atoms with E-state index in [0.717, 1.165) is 0 Å². The highest BCUT2D eigenvalue weighted by atomic mass is 35.5. The molecule has 0 radical (unpaired) electrons.